The van der Waals surface area contributed by atoms with Crippen molar-refractivity contribution in [2.24, 2.45) is 0 Å². The van der Waals surface area contributed by atoms with E-state index in [0.29, 0.717) is 6.04 Å². The van der Waals surface area contributed by atoms with Gasteiger partial charge in [0.2, 0.25) is 0 Å². The molecule has 0 aliphatic rings. The van der Waals surface area contributed by atoms with Crippen molar-refractivity contribution >= 4 is 5.69 Å². The van der Waals surface area contributed by atoms with Gasteiger partial charge < -0.3 is 5.32 Å². The number of hydrogen-bond acceptors (Lipinski definition) is 2. The molecule has 0 unspecified atom stereocenters. The average Bonchev–Trinajstić information content (AvgIpc) is 2.88. The third-order valence-corrected chi connectivity index (χ3v) is 3.91. The summed E-state index contributed by atoms with van der Waals surface area (Å²) in [6, 6.07) is 9.00. The van der Waals surface area contributed by atoms with E-state index in [0.717, 1.165) is 25.1 Å². The zero-order chi connectivity index (χ0) is 14.5. The fraction of sp³-hybridized carbons (Fsp3) is 0.471. The second-order valence-electron chi connectivity index (χ2n) is 5.38. The first-order valence-corrected chi connectivity index (χ1v) is 7.49. The van der Waals surface area contributed by atoms with Gasteiger partial charge in [0.1, 0.15) is 0 Å². The maximum atomic E-state index is 4.68. The minimum Gasteiger partial charge on any atom is -0.379 e. The molecule has 0 saturated heterocycles. The lowest BCUT2D eigenvalue weighted by atomic mass is 10.1. The monoisotopic (exact) mass is 271 g/mol. The van der Waals surface area contributed by atoms with Crippen molar-refractivity contribution in [3.8, 4) is 0 Å². The van der Waals surface area contributed by atoms with Crippen molar-refractivity contribution in [3.63, 3.8) is 0 Å². The molecule has 1 heterocycles. The first-order valence-electron chi connectivity index (χ1n) is 7.49. The van der Waals surface area contributed by atoms with Gasteiger partial charge in [-0.05, 0) is 43.9 Å². The van der Waals surface area contributed by atoms with Gasteiger partial charge >= 0.3 is 0 Å². The molecule has 1 aromatic carbocycles. The van der Waals surface area contributed by atoms with Crippen LogP contribution in [0.4, 0.5) is 5.69 Å². The second kappa shape index (κ2) is 6.60. The van der Waals surface area contributed by atoms with E-state index in [9.17, 15) is 0 Å². The minimum atomic E-state index is 0.518. The maximum absolute atomic E-state index is 4.68. The Bertz CT molecular complexity index is 533. The van der Waals surface area contributed by atoms with Gasteiger partial charge in [0.15, 0.2) is 0 Å². The summed E-state index contributed by atoms with van der Waals surface area (Å²) in [6.45, 7) is 9.48. The quantitative estimate of drug-likeness (QED) is 0.840. The van der Waals surface area contributed by atoms with Gasteiger partial charge in [-0.2, -0.15) is 5.10 Å². The number of para-hydroxylation sites is 1. The molecule has 2 rings (SSSR count). The molecular weight excluding hydrogens is 246 g/mol. The van der Waals surface area contributed by atoms with E-state index in [1.165, 1.54) is 16.8 Å². The average molecular weight is 271 g/mol. The highest BCUT2D eigenvalue weighted by molar-refractivity contribution is 5.56. The number of rotatable bonds is 6. The van der Waals surface area contributed by atoms with Crippen LogP contribution in [0.2, 0.25) is 0 Å². The fourth-order valence-corrected chi connectivity index (χ4v) is 2.61. The molecule has 0 fully saturated rings. The smallest absolute Gasteiger partial charge is 0.0815 e. The summed E-state index contributed by atoms with van der Waals surface area (Å²) in [5.41, 5.74) is 4.89. The van der Waals surface area contributed by atoms with E-state index in [1.54, 1.807) is 0 Å². The molecule has 2 aromatic rings. The van der Waals surface area contributed by atoms with Crippen molar-refractivity contribution < 1.29 is 0 Å². The van der Waals surface area contributed by atoms with Crippen LogP contribution >= 0.6 is 0 Å². The largest absolute Gasteiger partial charge is 0.379 e. The zero-order valence-electron chi connectivity index (χ0n) is 13.0. The second-order valence-corrected chi connectivity index (χ2v) is 5.38. The van der Waals surface area contributed by atoms with Crippen LogP contribution in [-0.4, -0.2) is 9.78 Å². The summed E-state index contributed by atoms with van der Waals surface area (Å²) in [7, 11) is 0. The SMILES string of the molecule is CCC(CC)n1ccc(CNc2c(C)cccc2C)n1. The summed E-state index contributed by atoms with van der Waals surface area (Å²) in [6.07, 6.45) is 4.35. The molecule has 0 atom stereocenters. The van der Waals surface area contributed by atoms with Crippen LogP contribution in [-0.2, 0) is 6.54 Å². The molecule has 0 spiro atoms. The lowest BCUT2D eigenvalue weighted by Crippen LogP contribution is -2.09. The number of aryl methyl sites for hydroxylation is 2. The van der Waals surface area contributed by atoms with E-state index < -0.39 is 0 Å². The predicted molar refractivity (Wildman–Crippen MR) is 85.1 cm³/mol. The zero-order valence-corrected chi connectivity index (χ0v) is 13.0. The summed E-state index contributed by atoms with van der Waals surface area (Å²) in [4.78, 5) is 0. The third-order valence-electron chi connectivity index (χ3n) is 3.91. The van der Waals surface area contributed by atoms with Gasteiger partial charge in [0.25, 0.3) is 0 Å². The molecule has 3 nitrogen and oxygen atoms in total. The maximum Gasteiger partial charge on any atom is 0.0815 e. The predicted octanol–water partition coefficient (Wildman–Crippen LogP) is 4.47. The summed E-state index contributed by atoms with van der Waals surface area (Å²) in [5.74, 6) is 0. The third kappa shape index (κ3) is 3.21. The summed E-state index contributed by atoms with van der Waals surface area (Å²) >= 11 is 0. The Morgan fingerprint density at radius 2 is 1.75 bits per heavy atom. The highest BCUT2D eigenvalue weighted by Crippen LogP contribution is 2.20. The summed E-state index contributed by atoms with van der Waals surface area (Å²) in [5, 5.41) is 8.19. The Labute approximate surface area is 122 Å². The van der Waals surface area contributed by atoms with Crippen molar-refractivity contribution in [3.05, 3.63) is 47.3 Å². The molecule has 20 heavy (non-hydrogen) atoms. The van der Waals surface area contributed by atoms with Crippen LogP contribution in [0.15, 0.2) is 30.5 Å². The number of nitrogens with one attached hydrogen (secondary N) is 1. The first kappa shape index (κ1) is 14.6. The molecule has 0 radical (unpaired) electrons. The van der Waals surface area contributed by atoms with Crippen LogP contribution < -0.4 is 5.32 Å². The summed E-state index contributed by atoms with van der Waals surface area (Å²) < 4.78 is 2.10. The van der Waals surface area contributed by atoms with Crippen LogP contribution in [0.1, 0.15) is 49.6 Å². The van der Waals surface area contributed by atoms with Gasteiger partial charge in [0, 0.05) is 11.9 Å². The highest BCUT2D eigenvalue weighted by Gasteiger charge is 2.08. The Balaban J connectivity index is 2.05. The van der Waals surface area contributed by atoms with Gasteiger partial charge in [-0.1, -0.05) is 32.0 Å². The Hall–Kier alpha value is -1.77. The Kier molecular flexibility index (Phi) is 4.83. The molecule has 1 N–H and O–H groups in total. The topological polar surface area (TPSA) is 29.9 Å². The number of anilines is 1. The Morgan fingerprint density at radius 1 is 1.10 bits per heavy atom. The van der Waals surface area contributed by atoms with Crippen molar-refractivity contribution in [1.82, 2.24) is 9.78 Å². The van der Waals surface area contributed by atoms with Crippen LogP contribution in [0, 0.1) is 13.8 Å². The van der Waals surface area contributed by atoms with Crippen molar-refractivity contribution in [1.29, 1.82) is 0 Å². The standard InChI is InChI=1S/C17H25N3/c1-5-16(6-2)20-11-10-15(19-20)12-18-17-13(3)8-7-9-14(17)4/h7-11,16,18H,5-6,12H2,1-4H3. The minimum absolute atomic E-state index is 0.518. The number of benzene rings is 1. The number of nitrogens with zero attached hydrogens (tertiary/aromatic N) is 2. The van der Waals surface area contributed by atoms with Crippen LogP contribution in [0.3, 0.4) is 0 Å². The van der Waals surface area contributed by atoms with Gasteiger partial charge in [-0.15, -0.1) is 0 Å². The molecule has 108 valence electrons. The van der Waals surface area contributed by atoms with E-state index in [-0.39, 0.29) is 0 Å². The van der Waals surface area contributed by atoms with E-state index in [4.69, 9.17) is 0 Å². The molecule has 0 amide bonds. The lowest BCUT2D eigenvalue weighted by Gasteiger charge is -2.13. The molecule has 0 aliphatic carbocycles. The van der Waals surface area contributed by atoms with E-state index in [2.05, 4.69) is 73.3 Å². The molecular formula is C17H25N3. The molecule has 0 aliphatic heterocycles. The van der Waals surface area contributed by atoms with Gasteiger partial charge in [-0.25, -0.2) is 0 Å². The molecule has 0 saturated carbocycles. The molecule has 1 aromatic heterocycles. The molecule has 0 bridgehead atoms. The van der Waals surface area contributed by atoms with Crippen LogP contribution in [0.25, 0.3) is 0 Å². The first-order chi connectivity index (χ1) is 9.65. The van der Waals surface area contributed by atoms with Gasteiger partial charge in [0.05, 0.1) is 18.3 Å². The highest BCUT2D eigenvalue weighted by atomic mass is 15.3. The normalized spacial score (nSPS) is 11.1. The van der Waals surface area contributed by atoms with E-state index >= 15 is 0 Å². The molecule has 3 heteroatoms. The number of hydrogen-bond donors (Lipinski definition) is 1. The van der Waals surface area contributed by atoms with Crippen LogP contribution in [0.5, 0.6) is 0 Å². The van der Waals surface area contributed by atoms with Crippen molar-refractivity contribution in [2.75, 3.05) is 5.32 Å². The number of aromatic nitrogens is 2. The Morgan fingerprint density at radius 3 is 2.35 bits per heavy atom. The van der Waals surface area contributed by atoms with Gasteiger partial charge in [-0.3, -0.25) is 4.68 Å². The lowest BCUT2D eigenvalue weighted by molar-refractivity contribution is 0.426. The fourth-order valence-electron chi connectivity index (χ4n) is 2.61. The van der Waals surface area contributed by atoms with Crippen molar-refractivity contribution in [2.45, 2.75) is 53.1 Å². The van der Waals surface area contributed by atoms with E-state index in [1.807, 2.05) is 0 Å².